The van der Waals surface area contributed by atoms with E-state index >= 15 is 0 Å². The third kappa shape index (κ3) is 9.58. The minimum atomic E-state index is -1.52. The third-order valence-corrected chi connectivity index (χ3v) is 4.28. The molecule has 29 heavy (non-hydrogen) atoms. The Balaban J connectivity index is 5.01. The maximum absolute atomic E-state index is 12.3. The normalized spacial score (nSPS) is 15.0. The van der Waals surface area contributed by atoms with Gasteiger partial charge >= 0.3 is 11.9 Å². The SMILES string of the molecule is CC(C)C(N)C(=O)NC(CS)C(=O)NC(CO)C(=O)NC(CCC(=O)O)C(=O)O. The smallest absolute Gasteiger partial charge is 0.326 e. The van der Waals surface area contributed by atoms with Crippen molar-refractivity contribution >= 4 is 42.3 Å². The summed E-state index contributed by atoms with van der Waals surface area (Å²) >= 11 is 3.97. The van der Waals surface area contributed by atoms with E-state index in [1.165, 1.54) is 0 Å². The van der Waals surface area contributed by atoms with Gasteiger partial charge in [-0.3, -0.25) is 19.2 Å². The minimum absolute atomic E-state index is 0.126. The molecule has 0 aromatic rings. The van der Waals surface area contributed by atoms with E-state index in [2.05, 4.69) is 28.6 Å². The molecule has 3 amide bonds. The monoisotopic (exact) mass is 436 g/mol. The molecule has 0 saturated carbocycles. The molecule has 4 unspecified atom stereocenters. The highest BCUT2D eigenvalue weighted by molar-refractivity contribution is 7.80. The van der Waals surface area contributed by atoms with Crippen molar-refractivity contribution in [2.24, 2.45) is 11.7 Å². The largest absolute Gasteiger partial charge is 0.481 e. The van der Waals surface area contributed by atoms with E-state index in [0.717, 1.165) is 0 Å². The number of aliphatic hydroxyl groups excluding tert-OH is 1. The minimum Gasteiger partial charge on any atom is -0.481 e. The number of nitrogens with one attached hydrogen (secondary N) is 3. The molecule has 0 aromatic carbocycles. The predicted molar refractivity (Wildman–Crippen MR) is 104 cm³/mol. The summed E-state index contributed by atoms with van der Waals surface area (Å²) in [4.78, 5) is 58.2. The highest BCUT2D eigenvalue weighted by atomic mass is 32.1. The van der Waals surface area contributed by atoms with Crippen LogP contribution in [0.5, 0.6) is 0 Å². The quantitative estimate of drug-likeness (QED) is 0.141. The number of hydrogen-bond acceptors (Lipinski definition) is 8. The molecule has 0 aliphatic rings. The molecule has 166 valence electrons. The summed E-state index contributed by atoms with van der Waals surface area (Å²) in [6.07, 6.45) is -0.887. The summed E-state index contributed by atoms with van der Waals surface area (Å²) in [5, 5.41) is 33.7. The first-order valence-corrected chi connectivity index (χ1v) is 9.40. The van der Waals surface area contributed by atoms with Gasteiger partial charge in [0.25, 0.3) is 0 Å². The number of aliphatic hydroxyl groups is 1. The number of carboxylic acid groups (broad SMARTS) is 2. The van der Waals surface area contributed by atoms with Crippen molar-refractivity contribution < 1.29 is 39.3 Å². The maximum atomic E-state index is 12.3. The van der Waals surface area contributed by atoms with Crippen LogP contribution in [-0.4, -0.2) is 81.5 Å². The van der Waals surface area contributed by atoms with E-state index in [1.54, 1.807) is 13.8 Å². The first kappa shape index (κ1) is 26.6. The van der Waals surface area contributed by atoms with Crippen LogP contribution in [0, 0.1) is 5.92 Å². The Morgan fingerprint density at radius 1 is 0.897 bits per heavy atom. The predicted octanol–water partition coefficient (Wildman–Crippen LogP) is -2.70. The Labute approximate surface area is 173 Å². The van der Waals surface area contributed by atoms with E-state index in [0.29, 0.717) is 0 Å². The number of carbonyl (C=O) groups excluding carboxylic acids is 3. The van der Waals surface area contributed by atoms with Crippen molar-refractivity contribution in [2.45, 2.75) is 50.9 Å². The van der Waals surface area contributed by atoms with Crippen LogP contribution in [0.2, 0.25) is 0 Å². The summed E-state index contributed by atoms with van der Waals surface area (Å²) in [5.41, 5.74) is 5.70. The van der Waals surface area contributed by atoms with Gasteiger partial charge in [-0.25, -0.2) is 4.79 Å². The number of hydrogen-bond donors (Lipinski definition) is 8. The summed E-state index contributed by atoms with van der Waals surface area (Å²) < 4.78 is 0. The van der Waals surface area contributed by atoms with Gasteiger partial charge in [-0.15, -0.1) is 0 Å². The fourth-order valence-electron chi connectivity index (χ4n) is 2.03. The van der Waals surface area contributed by atoms with Gasteiger partial charge in [0.05, 0.1) is 12.6 Å². The van der Waals surface area contributed by atoms with Crippen LogP contribution in [0.3, 0.4) is 0 Å². The zero-order chi connectivity index (χ0) is 22.7. The summed E-state index contributed by atoms with van der Waals surface area (Å²) in [7, 11) is 0. The van der Waals surface area contributed by atoms with E-state index in [4.69, 9.17) is 15.9 Å². The lowest BCUT2D eigenvalue weighted by Crippen LogP contribution is -2.59. The van der Waals surface area contributed by atoms with Gasteiger partial charge < -0.3 is 37.0 Å². The van der Waals surface area contributed by atoms with Crippen LogP contribution in [0.4, 0.5) is 0 Å². The van der Waals surface area contributed by atoms with E-state index < -0.39 is 66.9 Å². The second-order valence-corrected chi connectivity index (χ2v) is 6.95. The molecular formula is C16H28N4O8S. The van der Waals surface area contributed by atoms with Crippen LogP contribution in [0.25, 0.3) is 0 Å². The number of nitrogens with two attached hydrogens (primary N) is 1. The molecule has 0 fully saturated rings. The molecule has 4 atom stereocenters. The molecule has 12 nitrogen and oxygen atoms in total. The Morgan fingerprint density at radius 3 is 1.79 bits per heavy atom. The molecule has 0 aromatic heterocycles. The van der Waals surface area contributed by atoms with E-state index in [-0.39, 0.29) is 18.1 Å². The average molecular weight is 436 g/mol. The van der Waals surface area contributed by atoms with Crippen LogP contribution in [0.1, 0.15) is 26.7 Å². The molecule has 8 N–H and O–H groups in total. The number of carbonyl (C=O) groups is 5. The highest BCUT2D eigenvalue weighted by Gasteiger charge is 2.30. The summed E-state index contributed by atoms with van der Waals surface area (Å²) in [5.74, 6) is -5.49. The standard InChI is InChI=1S/C16H28N4O8S/c1-7(2)12(17)15(26)20-10(6-29)14(25)19-9(5-21)13(24)18-8(16(27)28)3-4-11(22)23/h7-10,12,21,29H,3-6,17H2,1-2H3,(H,18,24)(H,19,25)(H,20,26)(H,22,23)(H,27,28). The van der Waals surface area contributed by atoms with Crippen molar-refractivity contribution in [3.8, 4) is 0 Å². The zero-order valence-corrected chi connectivity index (χ0v) is 17.0. The van der Waals surface area contributed by atoms with Gasteiger partial charge in [-0.05, 0) is 12.3 Å². The Hall–Kier alpha value is -2.38. The van der Waals surface area contributed by atoms with Crippen molar-refractivity contribution in [1.29, 1.82) is 0 Å². The van der Waals surface area contributed by atoms with Crippen LogP contribution in [0.15, 0.2) is 0 Å². The van der Waals surface area contributed by atoms with E-state index in [9.17, 15) is 29.1 Å². The van der Waals surface area contributed by atoms with Gasteiger partial charge in [0.15, 0.2) is 0 Å². The molecule has 0 rings (SSSR count). The topological polar surface area (TPSA) is 208 Å². The summed E-state index contributed by atoms with van der Waals surface area (Å²) in [6.45, 7) is 2.58. The highest BCUT2D eigenvalue weighted by Crippen LogP contribution is 2.01. The van der Waals surface area contributed by atoms with Crippen molar-refractivity contribution in [3.63, 3.8) is 0 Å². The lowest BCUT2D eigenvalue weighted by molar-refractivity contribution is -0.143. The fourth-order valence-corrected chi connectivity index (χ4v) is 2.29. The number of amides is 3. The van der Waals surface area contributed by atoms with Crippen molar-refractivity contribution in [1.82, 2.24) is 16.0 Å². The van der Waals surface area contributed by atoms with Crippen molar-refractivity contribution in [2.75, 3.05) is 12.4 Å². The molecule has 13 heteroatoms. The first-order valence-electron chi connectivity index (χ1n) is 8.77. The van der Waals surface area contributed by atoms with Crippen LogP contribution >= 0.6 is 12.6 Å². The second-order valence-electron chi connectivity index (χ2n) is 6.59. The maximum Gasteiger partial charge on any atom is 0.326 e. The Kier molecular flexibility index (Phi) is 11.9. The average Bonchev–Trinajstić information content (AvgIpc) is 2.65. The number of rotatable bonds is 13. The van der Waals surface area contributed by atoms with Crippen LogP contribution in [-0.2, 0) is 24.0 Å². The lowest BCUT2D eigenvalue weighted by Gasteiger charge is -2.24. The van der Waals surface area contributed by atoms with Gasteiger partial charge in [-0.1, -0.05) is 13.8 Å². The Bertz CT molecular complexity index is 616. The van der Waals surface area contributed by atoms with Crippen LogP contribution < -0.4 is 21.7 Å². The molecule has 0 bridgehead atoms. The molecule has 0 aliphatic heterocycles. The third-order valence-electron chi connectivity index (χ3n) is 3.91. The fraction of sp³-hybridized carbons (Fsp3) is 0.688. The molecule has 0 spiro atoms. The molecule has 0 aliphatic carbocycles. The molecule has 0 radical (unpaired) electrons. The number of aliphatic carboxylic acids is 2. The van der Waals surface area contributed by atoms with Gasteiger partial charge in [-0.2, -0.15) is 12.6 Å². The molecule has 0 heterocycles. The number of carboxylic acids is 2. The Morgan fingerprint density at radius 2 is 1.38 bits per heavy atom. The number of thiol groups is 1. The van der Waals surface area contributed by atoms with Gasteiger partial charge in [0, 0.05) is 12.2 Å². The van der Waals surface area contributed by atoms with Crippen molar-refractivity contribution in [3.05, 3.63) is 0 Å². The molecule has 0 saturated heterocycles. The lowest BCUT2D eigenvalue weighted by atomic mass is 10.0. The molecular weight excluding hydrogens is 408 g/mol. The zero-order valence-electron chi connectivity index (χ0n) is 16.1. The van der Waals surface area contributed by atoms with Gasteiger partial charge in [0.1, 0.15) is 18.1 Å². The second kappa shape index (κ2) is 13.0. The summed E-state index contributed by atoms with van der Waals surface area (Å²) in [6, 6.07) is -5.06. The van der Waals surface area contributed by atoms with Gasteiger partial charge in [0.2, 0.25) is 17.7 Å². The first-order chi connectivity index (χ1) is 13.4. The van der Waals surface area contributed by atoms with E-state index in [1.807, 2.05) is 0 Å².